The fourth-order valence-corrected chi connectivity index (χ4v) is 5.22. The zero-order chi connectivity index (χ0) is 16.1. The van der Waals surface area contributed by atoms with Crippen LogP contribution in [0.15, 0.2) is 18.2 Å². The zero-order valence-electron chi connectivity index (χ0n) is 12.6. The van der Waals surface area contributed by atoms with E-state index in [4.69, 9.17) is 23.2 Å². The number of carbonyl (C=O) groups is 1. The molecule has 1 aromatic carbocycles. The first-order valence-electron chi connectivity index (χ1n) is 7.70. The number of carbonyl (C=O) groups excluding carboxylic acids is 1. The molecular weight excluding hydrogens is 351 g/mol. The summed E-state index contributed by atoms with van der Waals surface area (Å²) in [6, 6.07) is 5.47. The Morgan fingerprint density at radius 1 is 1.26 bits per heavy atom. The van der Waals surface area contributed by atoms with Crippen LogP contribution in [0, 0.1) is 5.92 Å². The Bertz CT molecular complexity index is 802. The zero-order valence-corrected chi connectivity index (χ0v) is 14.9. The lowest BCUT2D eigenvalue weighted by Crippen LogP contribution is -2.38. The van der Waals surface area contributed by atoms with Crippen molar-refractivity contribution >= 4 is 45.4 Å². The number of hydrogen-bond donors (Lipinski definition) is 2. The molecule has 0 bridgehead atoms. The summed E-state index contributed by atoms with van der Waals surface area (Å²) >= 11 is 14.1. The lowest BCUT2D eigenvalue weighted by Gasteiger charge is -2.27. The van der Waals surface area contributed by atoms with Crippen LogP contribution < -0.4 is 10.6 Å². The second-order valence-electron chi connectivity index (χ2n) is 6.25. The minimum absolute atomic E-state index is 0.0214. The number of nitrogens with one attached hydrogen (secondary N) is 2. The normalized spacial score (nSPS) is 22.8. The molecule has 2 atom stereocenters. The number of halogens is 2. The Hall–Kier alpha value is -1.23. The van der Waals surface area contributed by atoms with E-state index in [1.165, 1.54) is 10.4 Å². The number of rotatable bonds is 1. The summed E-state index contributed by atoms with van der Waals surface area (Å²) in [6.45, 7) is 2.27. The first-order valence-corrected chi connectivity index (χ1v) is 9.27. The van der Waals surface area contributed by atoms with Crippen molar-refractivity contribution in [1.82, 2.24) is 5.32 Å². The van der Waals surface area contributed by atoms with Crippen LogP contribution in [0.3, 0.4) is 0 Å². The van der Waals surface area contributed by atoms with Crippen molar-refractivity contribution in [3.63, 3.8) is 0 Å². The van der Waals surface area contributed by atoms with Gasteiger partial charge in [-0.1, -0.05) is 42.3 Å². The smallest absolute Gasteiger partial charge is 0.256 e. The van der Waals surface area contributed by atoms with Crippen molar-refractivity contribution in [2.24, 2.45) is 5.92 Å². The van der Waals surface area contributed by atoms with E-state index < -0.39 is 0 Å². The van der Waals surface area contributed by atoms with Gasteiger partial charge in [-0.3, -0.25) is 4.79 Å². The second kappa shape index (κ2) is 5.69. The SMILES string of the molecule is C[C@@H]1CCc2c(sc3c2C(=O)N[C@@H](c2cccc(Cl)c2Cl)N3)C1. The average molecular weight is 367 g/mol. The molecule has 0 saturated heterocycles. The molecule has 1 amide bonds. The number of benzene rings is 1. The third-order valence-corrected chi connectivity index (χ3v) is 6.60. The number of fused-ring (bicyclic) bond motifs is 3. The van der Waals surface area contributed by atoms with Crippen molar-refractivity contribution in [3.05, 3.63) is 49.8 Å². The molecule has 2 aromatic rings. The summed E-state index contributed by atoms with van der Waals surface area (Å²) in [7, 11) is 0. The highest BCUT2D eigenvalue weighted by Crippen LogP contribution is 2.43. The first kappa shape index (κ1) is 15.3. The molecule has 120 valence electrons. The fraction of sp³-hybridized carbons (Fsp3) is 0.353. The van der Waals surface area contributed by atoms with Gasteiger partial charge < -0.3 is 10.6 Å². The summed E-state index contributed by atoms with van der Waals surface area (Å²) in [5.74, 6) is 0.663. The summed E-state index contributed by atoms with van der Waals surface area (Å²) in [4.78, 5) is 14.0. The maximum atomic E-state index is 12.7. The van der Waals surface area contributed by atoms with Gasteiger partial charge in [-0.2, -0.15) is 0 Å². The summed E-state index contributed by atoms with van der Waals surface area (Å²) in [5, 5.41) is 8.37. The number of thiophene rings is 1. The van der Waals surface area contributed by atoms with E-state index in [0.29, 0.717) is 16.0 Å². The quantitative estimate of drug-likeness (QED) is 0.742. The highest BCUT2D eigenvalue weighted by atomic mass is 35.5. The van der Waals surface area contributed by atoms with E-state index in [-0.39, 0.29) is 12.1 Å². The Morgan fingerprint density at radius 2 is 2.09 bits per heavy atom. The standard InChI is InChI=1S/C17H16Cl2N2OS/c1-8-5-6-9-12(7-8)23-17-13(9)16(22)20-15(21-17)10-3-2-4-11(18)14(10)19/h2-4,8,15,21H,5-7H2,1H3,(H,20,22)/t8-,15-/m1/s1. The molecule has 0 radical (unpaired) electrons. The van der Waals surface area contributed by atoms with E-state index in [1.807, 2.05) is 12.1 Å². The number of hydrogen-bond acceptors (Lipinski definition) is 3. The van der Waals surface area contributed by atoms with Crippen molar-refractivity contribution in [2.75, 3.05) is 5.32 Å². The van der Waals surface area contributed by atoms with Crippen LogP contribution in [0.25, 0.3) is 0 Å². The predicted molar refractivity (Wildman–Crippen MR) is 95.8 cm³/mol. The van der Waals surface area contributed by atoms with Crippen LogP contribution >= 0.6 is 34.5 Å². The van der Waals surface area contributed by atoms with Crippen LogP contribution in [0.1, 0.15) is 45.9 Å². The Morgan fingerprint density at radius 3 is 2.91 bits per heavy atom. The Labute approximate surface area is 149 Å². The van der Waals surface area contributed by atoms with Crippen LogP contribution in [0.4, 0.5) is 5.00 Å². The van der Waals surface area contributed by atoms with Gasteiger partial charge in [0.05, 0.1) is 15.6 Å². The van der Waals surface area contributed by atoms with Gasteiger partial charge >= 0.3 is 0 Å². The molecule has 6 heteroatoms. The second-order valence-corrected chi connectivity index (χ2v) is 8.14. The molecule has 0 unspecified atom stereocenters. The third-order valence-electron chi connectivity index (χ3n) is 4.58. The molecule has 0 saturated carbocycles. The minimum Gasteiger partial charge on any atom is -0.353 e. The van der Waals surface area contributed by atoms with E-state index in [9.17, 15) is 4.79 Å². The van der Waals surface area contributed by atoms with Crippen molar-refractivity contribution < 1.29 is 4.79 Å². The van der Waals surface area contributed by atoms with E-state index in [1.54, 1.807) is 17.4 Å². The lowest BCUT2D eigenvalue weighted by molar-refractivity contribution is 0.0935. The van der Waals surface area contributed by atoms with Gasteiger partial charge in [0, 0.05) is 10.4 Å². The van der Waals surface area contributed by atoms with Gasteiger partial charge in [-0.05, 0) is 36.8 Å². The maximum absolute atomic E-state index is 12.7. The van der Waals surface area contributed by atoms with Gasteiger partial charge in [-0.15, -0.1) is 11.3 Å². The van der Waals surface area contributed by atoms with Crippen molar-refractivity contribution in [2.45, 2.75) is 32.4 Å². The monoisotopic (exact) mass is 366 g/mol. The van der Waals surface area contributed by atoms with E-state index in [2.05, 4.69) is 17.6 Å². The molecule has 3 nitrogen and oxygen atoms in total. The molecule has 23 heavy (non-hydrogen) atoms. The van der Waals surface area contributed by atoms with Crippen molar-refractivity contribution in [3.8, 4) is 0 Å². The van der Waals surface area contributed by atoms with Gasteiger partial charge in [-0.25, -0.2) is 0 Å². The molecule has 1 aliphatic heterocycles. The minimum atomic E-state index is -0.348. The average Bonchev–Trinajstić information content (AvgIpc) is 2.87. The summed E-state index contributed by atoms with van der Waals surface area (Å²) < 4.78 is 0. The van der Waals surface area contributed by atoms with E-state index in [0.717, 1.165) is 35.4 Å². The van der Waals surface area contributed by atoms with Crippen LogP contribution in [-0.2, 0) is 12.8 Å². The maximum Gasteiger partial charge on any atom is 0.256 e. The van der Waals surface area contributed by atoms with Gasteiger partial charge in [0.2, 0.25) is 0 Å². The van der Waals surface area contributed by atoms with Crippen LogP contribution in [0.2, 0.25) is 10.0 Å². The molecular formula is C17H16Cl2N2OS. The first-order chi connectivity index (χ1) is 11.0. The van der Waals surface area contributed by atoms with Gasteiger partial charge in [0.1, 0.15) is 11.2 Å². The topological polar surface area (TPSA) is 41.1 Å². The highest BCUT2D eigenvalue weighted by Gasteiger charge is 2.33. The Balaban J connectivity index is 1.73. The predicted octanol–water partition coefficient (Wildman–Crippen LogP) is 5.03. The lowest BCUT2D eigenvalue weighted by atomic mass is 9.88. The van der Waals surface area contributed by atoms with Crippen molar-refractivity contribution in [1.29, 1.82) is 0 Å². The number of anilines is 1. The van der Waals surface area contributed by atoms with E-state index >= 15 is 0 Å². The molecule has 2 N–H and O–H groups in total. The molecule has 2 heterocycles. The number of amides is 1. The summed E-state index contributed by atoms with van der Waals surface area (Å²) in [6.07, 6.45) is 2.84. The molecule has 0 spiro atoms. The highest BCUT2D eigenvalue weighted by molar-refractivity contribution is 7.16. The van der Waals surface area contributed by atoms with Gasteiger partial charge in [0.25, 0.3) is 5.91 Å². The molecule has 2 aliphatic rings. The molecule has 0 fully saturated rings. The van der Waals surface area contributed by atoms with Crippen LogP contribution in [-0.4, -0.2) is 5.91 Å². The van der Waals surface area contributed by atoms with Crippen LogP contribution in [0.5, 0.6) is 0 Å². The Kier molecular flexibility index (Phi) is 3.79. The third kappa shape index (κ3) is 2.53. The summed E-state index contributed by atoms with van der Waals surface area (Å²) in [5.41, 5.74) is 2.84. The molecule has 1 aliphatic carbocycles. The molecule has 1 aromatic heterocycles. The largest absolute Gasteiger partial charge is 0.353 e. The molecule has 4 rings (SSSR count). The van der Waals surface area contributed by atoms with Gasteiger partial charge in [0.15, 0.2) is 0 Å². The fourth-order valence-electron chi connectivity index (χ4n) is 3.36.